The lowest BCUT2D eigenvalue weighted by Crippen LogP contribution is -2.30. The minimum Gasteiger partial charge on any atom is -0.381 e. The number of anilines is 1. The molecule has 1 aliphatic rings. The first-order chi connectivity index (χ1) is 14.1. The van der Waals surface area contributed by atoms with Gasteiger partial charge in [0.2, 0.25) is 5.95 Å². The summed E-state index contributed by atoms with van der Waals surface area (Å²) in [5.74, 6) is 1.61. The van der Waals surface area contributed by atoms with Crippen molar-refractivity contribution in [2.45, 2.75) is 44.8 Å². The quantitative estimate of drug-likeness (QED) is 0.574. The van der Waals surface area contributed by atoms with E-state index in [-0.39, 0.29) is 0 Å². The van der Waals surface area contributed by atoms with Crippen molar-refractivity contribution in [2.75, 3.05) is 12.4 Å². The van der Waals surface area contributed by atoms with Gasteiger partial charge in [0.1, 0.15) is 11.3 Å². The van der Waals surface area contributed by atoms with Crippen LogP contribution >= 0.6 is 0 Å². The number of fused-ring (bicyclic) bond motifs is 2. The standard InChI is InChI=1S/C21H25N7O/c1-13-23-18-9-8-17(25-20(18)27(13)2)16-10-11-28-19(16)12-22-21(26-28)24-14-4-6-15(29-3)7-5-14/h8-12,14-15H,4-7H2,1-3H3,(H,24,26)/t14-,15+. The van der Waals surface area contributed by atoms with Gasteiger partial charge in [0.25, 0.3) is 0 Å². The lowest BCUT2D eigenvalue weighted by atomic mass is 9.93. The summed E-state index contributed by atoms with van der Waals surface area (Å²) in [4.78, 5) is 13.9. The molecule has 29 heavy (non-hydrogen) atoms. The molecule has 0 radical (unpaired) electrons. The number of hydrogen-bond acceptors (Lipinski definition) is 6. The van der Waals surface area contributed by atoms with E-state index in [4.69, 9.17) is 9.72 Å². The third-order valence-corrected chi connectivity index (χ3v) is 5.97. The van der Waals surface area contributed by atoms with Crippen LogP contribution in [0.2, 0.25) is 0 Å². The van der Waals surface area contributed by atoms with E-state index in [9.17, 15) is 0 Å². The van der Waals surface area contributed by atoms with Gasteiger partial charge in [-0.2, -0.15) is 0 Å². The first kappa shape index (κ1) is 18.1. The molecule has 8 nitrogen and oxygen atoms in total. The number of imidazole rings is 1. The maximum Gasteiger partial charge on any atom is 0.241 e. The number of hydrogen-bond donors (Lipinski definition) is 1. The molecule has 4 heterocycles. The molecule has 1 aliphatic carbocycles. The maximum absolute atomic E-state index is 5.45. The predicted octanol–water partition coefficient (Wildman–Crippen LogP) is 3.36. The molecule has 0 atom stereocenters. The normalized spacial score (nSPS) is 19.8. The van der Waals surface area contributed by atoms with Crippen LogP contribution in [0.15, 0.2) is 30.6 Å². The summed E-state index contributed by atoms with van der Waals surface area (Å²) in [5.41, 5.74) is 4.63. The molecule has 8 heteroatoms. The van der Waals surface area contributed by atoms with Gasteiger partial charge in [0.05, 0.1) is 23.5 Å². The third kappa shape index (κ3) is 3.23. The zero-order valence-electron chi connectivity index (χ0n) is 17.0. The summed E-state index contributed by atoms with van der Waals surface area (Å²) in [6, 6.07) is 6.45. The van der Waals surface area contributed by atoms with Crippen LogP contribution in [0.1, 0.15) is 31.5 Å². The molecule has 0 spiro atoms. The molecule has 0 amide bonds. The van der Waals surface area contributed by atoms with Crippen LogP contribution in [0.3, 0.4) is 0 Å². The van der Waals surface area contributed by atoms with Gasteiger partial charge in [-0.05, 0) is 50.8 Å². The molecule has 0 unspecified atom stereocenters. The maximum atomic E-state index is 5.45. The fourth-order valence-corrected chi connectivity index (χ4v) is 4.14. The number of pyridine rings is 1. The molecule has 5 rings (SSSR count). The molecule has 0 aliphatic heterocycles. The van der Waals surface area contributed by atoms with Gasteiger partial charge >= 0.3 is 0 Å². The lowest BCUT2D eigenvalue weighted by Gasteiger charge is -2.28. The summed E-state index contributed by atoms with van der Waals surface area (Å²) in [6.07, 6.45) is 8.51. The summed E-state index contributed by atoms with van der Waals surface area (Å²) in [6.45, 7) is 1.99. The number of methoxy groups -OCH3 is 1. The number of rotatable bonds is 4. The summed E-state index contributed by atoms with van der Waals surface area (Å²) in [7, 11) is 3.78. The van der Waals surface area contributed by atoms with Crippen LogP contribution in [0.5, 0.6) is 0 Å². The van der Waals surface area contributed by atoms with E-state index in [1.165, 1.54) is 0 Å². The zero-order chi connectivity index (χ0) is 20.0. The highest BCUT2D eigenvalue weighted by molar-refractivity contribution is 5.82. The smallest absolute Gasteiger partial charge is 0.241 e. The molecule has 4 aromatic heterocycles. The zero-order valence-corrected chi connectivity index (χ0v) is 17.0. The van der Waals surface area contributed by atoms with Crippen molar-refractivity contribution in [3.8, 4) is 11.3 Å². The Kier molecular flexibility index (Phi) is 4.43. The highest BCUT2D eigenvalue weighted by Gasteiger charge is 2.21. The van der Waals surface area contributed by atoms with Crippen molar-refractivity contribution in [2.24, 2.45) is 7.05 Å². The van der Waals surface area contributed by atoms with Gasteiger partial charge in [-0.15, -0.1) is 5.10 Å². The lowest BCUT2D eigenvalue weighted by molar-refractivity contribution is 0.0681. The number of aryl methyl sites for hydroxylation is 2. The Balaban J connectivity index is 1.41. The summed E-state index contributed by atoms with van der Waals surface area (Å²) >= 11 is 0. The van der Waals surface area contributed by atoms with E-state index < -0.39 is 0 Å². The molecule has 0 saturated heterocycles. The monoisotopic (exact) mass is 391 g/mol. The number of aromatic nitrogens is 6. The highest BCUT2D eigenvalue weighted by Crippen LogP contribution is 2.27. The Bertz CT molecular complexity index is 1170. The fourth-order valence-electron chi connectivity index (χ4n) is 4.14. The molecule has 0 bridgehead atoms. The number of nitrogens with one attached hydrogen (secondary N) is 1. The van der Waals surface area contributed by atoms with Gasteiger partial charge in [0.15, 0.2) is 5.65 Å². The van der Waals surface area contributed by atoms with E-state index in [2.05, 4.69) is 20.4 Å². The van der Waals surface area contributed by atoms with Crippen molar-refractivity contribution in [1.29, 1.82) is 0 Å². The first-order valence-corrected chi connectivity index (χ1v) is 10.1. The second kappa shape index (κ2) is 7.11. The van der Waals surface area contributed by atoms with Crippen LogP contribution in [0.25, 0.3) is 27.9 Å². The van der Waals surface area contributed by atoms with Gasteiger partial charge < -0.3 is 14.6 Å². The molecule has 4 aromatic rings. The van der Waals surface area contributed by atoms with Gasteiger partial charge in [-0.25, -0.2) is 19.5 Å². The van der Waals surface area contributed by atoms with E-state index >= 15 is 0 Å². The molecular formula is C21H25N7O. The first-order valence-electron chi connectivity index (χ1n) is 10.1. The van der Waals surface area contributed by atoms with Crippen molar-refractivity contribution in [3.63, 3.8) is 0 Å². The molecular weight excluding hydrogens is 366 g/mol. The van der Waals surface area contributed by atoms with E-state index in [1.807, 2.05) is 53.6 Å². The Morgan fingerprint density at radius 3 is 2.72 bits per heavy atom. The number of nitrogens with zero attached hydrogens (tertiary/aromatic N) is 6. The van der Waals surface area contributed by atoms with Crippen LogP contribution in [-0.4, -0.2) is 48.4 Å². The van der Waals surface area contributed by atoms with Gasteiger partial charge in [-0.3, -0.25) is 0 Å². The molecule has 1 fully saturated rings. The second-order valence-electron chi connectivity index (χ2n) is 7.75. The van der Waals surface area contributed by atoms with Crippen LogP contribution in [-0.2, 0) is 11.8 Å². The fraction of sp³-hybridized carbons (Fsp3) is 0.429. The van der Waals surface area contributed by atoms with Crippen LogP contribution in [0, 0.1) is 6.92 Å². The molecule has 0 aromatic carbocycles. The molecule has 1 saturated carbocycles. The molecule has 150 valence electrons. The minimum absolute atomic E-state index is 0.386. The summed E-state index contributed by atoms with van der Waals surface area (Å²) in [5, 5.41) is 8.13. The van der Waals surface area contributed by atoms with E-state index in [0.717, 1.165) is 59.4 Å². The minimum atomic E-state index is 0.386. The van der Waals surface area contributed by atoms with Crippen LogP contribution in [0.4, 0.5) is 5.95 Å². The number of ether oxygens (including phenoxy) is 1. The highest BCUT2D eigenvalue weighted by atomic mass is 16.5. The SMILES string of the molecule is CO[C@H]1CC[C@@H](Nc2ncc3c(-c4ccc5nc(C)n(C)c5n4)ccn3n2)CC1. The Morgan fingerprint density at radius 2 is 1.93 bits per heavy atom. The topological polar surface area (TPSA) is 82.2 Å². The van der Waals surface area contributed by atoms with Crippen LogP contribution < -0.4 is 5.32 Å². The second-order valence-corrected chi connectivity index (χ2v) is 7.75. The average Bonchev–Trinajstić information content (AvgIpc) is 3.29. The van der Waals surface area contributed by atoms with E-state index in [1.54, 1.807) is 7.11 Å². The van der Waals surface area contributed by atoms with Gasteiger partial charge in [0, 0.05) is 32.0 Å². The summed E-state index contributed by atoms with van der Waals surface area (Å²) < 4.78 is 9.33. The van der Waals surface area contributed by atoms with Gasteiger partial charge in [-0.1, -0.05) is 0 Å². The molecule has 1 N–H and O–H groups in total. The average molecular weight is 391 g/mol. The Hall–Kier alpha value is -3.00. The largest absolute Gasteiger partial charge is 0.381 e. The van der Waals surface area contributed by atoms with Crippen molar-refractivity contribution in [3.05, 3.63) is 36.4 Å². The predicted molar refractivity (Wildman–Crippen MR) is 112 cm³/mol. The van der Waals surface area contributed by atoms with E-state index in [0.29, 0.717) is 18.1 Å². The van der Waals surface area contributed by atoms with Crippen molar-refractivity contribution < 1.29 is 4.74 Å². The third-order valence-electron chi connectivity index (χ3n) is 5.97. The Morgan fingerprint density at radius 1 is 1.10 bits per heavy atom. The van der Waals surface area contributed by atoms with Crippen molar-refractivity contribution in [1.82, 2.24) is 29.1 Å². The van der Waals surface area contributed by atoms with Crippen molar-refractivity contribution >= 4 is 22.6 Å². The Labute approximate surface area is 168 Å².